The highest BCUT2D eigenvalue weighted by molar-refractivity contribution is 7.89. The molecule has 1 aromatic heterocycles. The summed E-state index contributed by atoms with van der Waals surface area (Å²) in [6.07, 6.45) is 0.848. The van der Waals surface area contributed by atoms with Crippen LogP contribution in [0.2, 0.25) is 0 Å². The number of hydrogen-bond acceptors (Lipinski definition) is 5. The topological polar surface area (TPSA) is 65.8 Å². The van der Waals surface area contributed by atoms with Gasteiger partial charge in [0, 0.05) is 25.2 Å². The van der Waals surface area contributed by atoms with E-state index in [1.165, 1.54) is 0 Å². The van der Waals surface area contributed by atoms with Crippen molar-refractivity contribution < 1.29 is 12.8 Å². The van der Waals surface area contributed by atoms with E-state index in [4.69, 9.17) is 4.42 Å². The molecule has 1 fully saturated rings. The molecule has 1 N–H and O–H groups in total. The highest BCUT2D eigenvalue weighted by Gasteiger charge is 2.33. The predicted octanol–water partition coefficient (Wildman–Crippen LogP) is 1.02. The molecule has 1 atom stereocenters. The molecule has 2 rings (SSSR count). The second-order valence-corrected chi connectivity index (χ2v) is 7.60. The molecule has 0 aliphatic carbocycles. The van der Waals surface area contributed by atoms with Crippen LogP contribution in [-0.2, 0) is 16.6 Å². The van der Waals surface area contributed by atoms with E-state index < -0.39 is 10.0 Å². The average molecular weight is 315 g/mol. The summed E-state index contributed by atoms with van der Waals surface area (Å²) in [6.45, 7) is 6.42. The van der Waals surface area contributed by atoms with Crippen LogP contribution in [0.4, 0.5) is 0 Å². The molecule has 21 heavy (non-hydrogen) atoms. The van der Waals surface area contributed by atoms with E-state index in [1.807, 2.05) is 14.0 Å². The monoisotopic (exact) mass is 315 g/mol. The second-order valence-electron chi connectivity index (χ2n) is 5.74. The van der Waals surface area contributed by atoms with Gasteiger partial charge in [-0.25, -0.2) is 8.42 Å². The minimum Gasteiger partial charge on any atom is -0.464 e. The number of nitrogens with zero attached hydrogens (tertiary/aromatic N) is 2. The van der Waals surface area contributed by atoms with Crippen molar-refractivity contribution >= 4 is 10.0 Å². The van der Waals surface area contributed by atoms with Crippen molar-refractivity contribution in [1.29, 1.82) is 0 Å². The molecular weight excluding hydrogens is 290 g/mol. The maximum atomic E-state index is 12.9. The summed E-state index contributed by atoms with van der Waals surface area (Å²) < 4.78 is 33.0. The molecule has 1 unspecified atom stereocenters. The van der Waals surface area contributed by atoms with Gasteiger partial charge in [-0.1, -0.05) is 0 Å². The van der Waals surface area contributed by atoms with Crippen molar-refractivity contribution in [1.82, 2.24) is 14.5 Å². The Morgan fingerprint density at radius 3 is 2.81 bits per heavy atom. The molecule has 6 nitrogen and oxygen atoms in total. The maximum Gasteiger partial charge on any atom is 0.246 e. The summed E-state index contributed by atoms with van der Waals surface area (Å²) in [7, 11) is 0.332. The molecule has 0 aromatic carbocycles. The van der Waals surface area contributed by atoms with Gasteiger partial charge in [0.15, 0.2) is 0 Å². The van der Waals surface area contributed by atoms with E-state index in [-0.39, 0.29) is 6.04 Å². The van der Waals surface area contributed by atoms with E-state index >= 15 is 0 Å². The molecule has 2 heterocycles. The van der Waals surface area contributed by atoms with Gasteiger partial charge < -0.3 is 14.6 Å². The van der Waals surface area contributed by atoms with Crippen LogP contribution in [0.5, 0.6) is 0 Å². The lowest BCUT2D eigenvalue weighted by atomic mass is 10.3. The number of nitrogens with one attached hydrogen (secondary N) is 1. The third kappa shape index (κ3) is 3.48. The lowest BCUT2D eigenvalue weighted by Crippen LogP contribution is -2.41. The summed E-state index contributed by atoms with van der Waals surface area (Å²) in [5, 5.41) is 2.97. The van der Waals surface area contributed by atoms with Crippen molar-refractivity contribution in [3.05, 3.63) is 17.6 Å². The molecule has 0 amide bonds. The number of hydrogen-bond donors (Lipinski definition) is 1. The zero-order valence-electron chi connectivity index (χ0n) is 13.2. The van der Waals surface area contributed by atoms with Crippen LogP contribution >= 0.6 is 0 Å². The van der Waals surface area contributed by atoms with Gasteiger partial charge in [0.2, 0.25) is 10.0 Å². The molecule has 1 aliphatic heterocycles. The summed E-state index contributed by atoms with van der Waals surface area (Å²) in [6, 6.07) is 1.60. The Morgan fingerprint density at radius 2 is 2.14 bits per heavy atom. The summed E-state index contributed by atoms with van der Waals surface area (Å²) in [5.74, 6) is 1.11. The quantitative estimate of drug-likeness (QED) is 0.899. The first-order valence-electron chi connectivity index (χ1n) is 7.30. The fraction of sp³-hybridized carbons (Fsp3) is 0.714. The molecular formula is C14H25N3O3S. The normalized spacial score (nSPS) is 22.4. The van der Waals surface area contributed by atoms with Crippen LogP contribution < -0.4 is 5.32 Å². The Labute approximate surface area is 127 Å². The maximum absolute atomic E-state index is 12.9. The molecule has 0 radical (unpaired) electrons. The highest BCUT2D eigenvalue weighted by atomic mass is 32.2. The lowest BCUT2D eigenvalue weighted by Gasteiger charge is -2.26. The number of aryl methyl sites for hydroxylation is 1. The van der Waals surface area contributed by atoms with Gasteiger partial charge in [0.1, 0.15) is 16.4 Å². The van der Waals surface area contributed by atoms with Gasteiger partial charge >= 0.3 is 0 Å². The number of furan rings is 1. The fourth-order valence-electron chi connectivity index (χ4n) is 2.88. The molecule has 0 saturated carbocycles. The van der Waals surface area contributed by atoms with Gasteiger partial charge in [0.25, 0.3) is 0 Å². The lowest BCUT2D eigenvalue weighted by molar-refractivity contribution is 0.290. The predicted molar refractivity (Wildman–Crippen MR) is 81.7 cm³/mol. The minimum atomic E-state index is -3.50. The summed E-state index contributed by atoms with van der Waals surface area (Å²) in [5.41, 5.74) is 0. The molecule has 120 valence electrons. The van der Waals surface area contributed by atoms with E-state index in [9.17, 15) is 8.42 Å². The Bertz CT molecular complexity index is 582. The van der Waals surface area contributed by atoms with Crippen LogP contribution in [0.25, 0.3) is 0 Å². The van der Waals surface area contributed by atoms with Crippen molar-refractivity contribution in [2.24, 2.45) is 0 Å². The van der Waals surface area contributed by atoms with Crippen molar-refractivity contribution in [2.45, 2.75) is 37.8 Å². The van der Waals surface area contributed by atoms with E-state index in [2.05, 4.69) is 10.2 Å². The summed E-state index contributed by atoms with van der Waals surface area (Å²) >= 11 is 0. The van der Waals surface area contributed by atoms with Crippen LogP contribution in [0.1, 0.15) is 24.9 Å². The number of sulfonamides is 1. The smallest absolute Gasteiger partial charge is 0.246 e. The van der Waals surface area contributed by atoms with E-state index in [1.54, 1.807) is 24.3 Å². The van der Waals surface area contributed by atoms with Crippen LogP contribution in [0, 0.1) is 6.92 Å². The Kier molecular flexibility index (Phi) is 5.08. The fourth-order valence-corrected chi connectivity index (χ4v) is 4.72. The minimum absolute atomic E-state index is 0.0375. The Morgan fingerprint density at radius 1 is 1.43 bits per heavy atom. The van der Waals surface area contributed by atoms with Gasteiger partial charge in [-0.3, -0.25) is 0 Å². The largest absolute Gasteiger partial charge is 0.464 e. The first-order valence-corrected chi connectivity index (χ1v) is 8.74. The van der Waals surface area contributed by atoms with Gasteiger partial charge in [-0.05, 0) is 40.9 Å². The first kappa shape index (κ1) is 16.5. The average Bonchev–Trinajstić information content (AvgIpc) is 2.66. The standard InChI is InChI=1S/C14H25N3O3S/c1-11-10-16(4)6-5-7-17(11)21(18,19)14-8-13(9-15-3)20-12(14)2/h8,11,15H,5-7,9-10H2,1-4H3. The number of likely N-dealkylation sites (N-methyl/N-ethyl adjacent to an activating group) is 1. The van der Waals surface area contributed by atoms with Crippen LogP contribution in [-0.4, -0.2) is 57.4 Å². The van der Waals surface area contributed by atoms with E-state index in [0.717, 1.165) is 19.5 Å². The van der Waals surface area contributed by atoms with Crippen LogP contribution in [0.3, 0.4) is 0 Å². The van der Waals surface area contributed by atoms with Crippen molar-refractivity contribution in [3.63, 3.8) is 0 Å². The molecule has 0 spiro atoms. The highest BCUT2D eigenvalue weighted by Crippen LogP contribution is 2.26. The second kappa shape index (κ2) is 6.48. The van der Waals surface area contributed by atoms with E-state index in [0.29, 0.717) is 29.5 Å². The SMILES string of the molecule is CNCc1cc(S(=O)(=O)N2CCCN(C)CC2C)c(C)o1. The van der Waals surface area contributed by atoms with Crippen molar-refractivity contribution in [3.8, 4) is 0 Å². The molecule has 1 saturated heterocycles. The molecule has 1 aromatic rings. The first-order chi connectivity index (χ1) is 9.86. The third-order valence-corrected chi connectivity index (χ3v) is 5.97. The molecule has 7 heteroatoms. The zero-order valence-corrected chi connectivity index (χ0v) is 14.0. The third-order valence-electron chi connectivity index (χ3n) is 3.85. The Hall–Kier alpha value is -0.890. The van der Waals surface area contributed by atoms with Gasteiger partial charge in [0.05, 0.1) is 6.54 Å². The zero-order chi connectivity index (χ0) is 15.6. The van der Waals surface area contributed by atoms with Gasteiger partial charge in [-0.2, -0.15) is 4.31 Å². The molecule has 1 aliphatic rings. The summed E-state index contributed by atoms with van der Waals surface area (Å²) in [4.78, 5) is 2.47. The molecule has 0 bridgehead atoms. The Balaban J connectivity index is 2.32. The van der Waals surface area contributed by atoms with Crippen LogP contribution in [0.15, 0.2) is 15.4 Å². The number of rotatable bonds is 4. The van der Waals surface area contributed by atoms with Crippen molar-refractivity contribution in [2.75, 3.05) is 33.7 Å². The van der Waals surface area contributed by atoms with Gasteiger partial charge in [-0.15, -0.1) is 0 Å².